The van der Waals surface area contributed by atoms with Crippen LogP contribution in [0.5, 0.6) is 0 Å². The summed E-state index contributed by atoms with van der Waals surface area (Å²) in [6.07, 6.45) is 0. The zero-order chi connectivity index (χ0) is 13.0. The van der Waals surface area contributed by atoms with Crippen LogP contribution in [-0.2, 0) is 4.79 Å². The van der Waals surface area contributed by atoms with Gasteiger partial charge in [-0.1, -0.05) is 6.92 Å². The average molecular weight is 229 g/mol. The van der Waals surface area contributed by atoms with Gasteiger partial charge in [-0.25, -0.2) is 0 Å². The van der Waals surface area contributed by atoms with Gasteiger partial charge in [0.15, 0.2) is 0 Å². The molecule has 0 rings (SSSR count). The highest BCUT2D eigenvalue weighted by atomic mass is 16.2. The third-order valence-corrected chi connectivity index (χ3v) is 3.08. The second-order valence-corrected chi connectivity index (χ2v) is 5.54. The first-order valence-corrected chi connectivity index (χ1v) is 5.84. The fourth-order valence-corrected chi connectivity index (χ4v) is 1.20. The monoisotopic (exact) mass is 229 g/mol. The third-order valence-electron chi connectivity index (χ3n) is 3.08. The van der Waals surface area contributed by atoms with E-state index >= 15 is 0 Å². The van der Waals surface area contributed by atoms with Crippen LogP contribution in [0.15, 0.2) is 0 Å². The highest BCUT2D eigenvalue weighted by molar-refractivity contribution is 5.85. The molecular formula is C12H27N3O. The second kappa shape index (κ2) is 5.64. The van der Waals surface area contributed by atoms with Gasteiger partial charge < -0.3 is 15.5 Å². The molecule has 0 aromatic carbocycles. The number of hydrogen-bond donors (Lipinski definition) is 2. The lowest BCUT2D eigenvalue weighted by molar-refractivity contribution is -0.126. The van der Waals surface area contributed by atoms with Gasteiger partial charge >= 0.3 is 0 Å². The predicted octanol–water partition coefficient (Wildman–Crippen LogP) is 0.831. The van der Waals surface area contributed by atoms with E-state index < -0.39 is 5.54 Å². The first kappa shape index (κ1) is 15.4. The van der Waals surface area contributed by atoms with E-state index in [-0.39, 0.29) is 11.4 Å². The van der Waals surface area contributed by atoms with E-state index in [1.807, 2.05) is 34.9 Å². The van der Waals surface area contributed by atoms with Gasteiger partial charge in [0.25, 0.3) is 0 Å². The number of amides is 1. The summed E-state index contributed by atoms with van der Waals surface area (Å²) in [6, 6.07) is 0. The van der Waals surface area contributed by atoms with Gasteiger partial charge in [0.2, 0.25) is 5.91 Å². The van der Waals surface area contributed by atoms with Crippen LogP contribution in [0.3, 0.4) is 0 Å². The van der Waals surface area contributed by atoms with Crippen LogP contribution in [0.4, 0.5) is 0 Å². The van der Waals surface area contributed by atoms with Gasteiger partial charge in [-0.3, -0.25) is 4.79 Å². The maximum atomic E-state index is 11.9. The lowest BCUT2D eigenvalue weighted by Crippen LogP contribution is -2.56. The number of nitrogens with zero attached hydrogens (tertiary/aromatic N) is 1. The molecule has 0 aromatic rings. The second-order valence-electron chi connectivity index (χ2n) is 5.54. The summed E-state index contributed by atoms with van der Waals surface area (Å²) in [5.74, 6) is 0.0456. The van der Waals surface area contributed by atoms with Gasteiger partial charge in [-0.2, -0.15) is 0 Å². The van der Waals surface area contributed by atoms with E-state index in [4.69, 9.17) is 0 Å². The number of nitrogens with one attached hydrogen (secondary N) is 2. The van der Waals surface area contributed by atoms with Gasteiger partial charge in [-0.05, 0) is 48.3 Å². The molecule has 0 aliphatic heterocycles. The Morgan fingerprint density at radius 1 is 1.19 bits per heavy atom. The zero-order valence-electron chi connectivity index (χ0n) is 11.8. The van der Waals surface area contributed by atoms with Crippen molar-refractivity contribution in [3.63, 3.8) is 0 Å². The van der Waals surface area contributed by atoms with Crippen LogP contribution in [0, 0.1) is 0 Å². The number of carbonyl (C=O) groups excluding carboxylic acids is 1. The first-order chi connectivity index (χ1) is 7.13. The van der Waals surface area contributed by atoms with Crippen molar-refractivity contribution >= 4 is 5.91 Å². The average Bonchev–Trinajstić information content (AvgIpc) is 2.13. The molecule has 0 bridgehead atoms. The molecule has 0 saturated carbocycles. The maximum absolute atomic E-state index is 11.9. The van der Waals surface area contributed by atoms with Crippen molar-refractivity contribution in [3.05, 3.63) is 0 Å². The Labute approximate surface area is 99.8 Å². The lowest BCUT2D eigenvalue weighted by atomic mass is 10.0. The van der Waals surface area contributed by atoms with Crippen LogP contribution in [0.2, 0.25) is 0 Å². The van der Waals surface area contributed by atoms with E-state index in [0.717, 1.165) is 6.54 Å². The third kappa shape index (κ3) is 4.49. The summed E-state index contributed by atoms with van der Waals surface area (Å²) in [5.41, 5.74) is -0.533. The quantitative estimate of drug-likeness (QED) is 0.709. The highest BCUT2D eigenvalue weighted by Crippen LogP contribution is 2.09. The summed E-state index contributed by atoms with van der Waals surface area (Å²) >= 11 is 0. The normalized spacial score (nSPS) is 13.0. The summed E-state index contributed by atoms with van der Waals surface area (Å²) in [5, 5.41) is 6.15. The topological polar surface area (TPSA) is 44.4 Å². The molecule has 0 atom stereocenters. The number of carbonyl (C=O) groups is 1. The van der Waals surface area contributed by atoms with Crippen LogP contribution in [0.25, 0.3) is 0 Å². The van der Waals surface area contributed by atoms with Gasteiger partial charge in [0, 0.05) is 12.1 Å². The number of likely N-dealkylation sites (N-methyl/N-ethyl adjacent to an activating group) is 2. The molecule has 0 aliphatic rings. The standard InChI is InChI=1S/C12H27N3O/c1-8-14-12(4,5)10(16)13-9-11(2,3)15(6)7/h14H,8-9H2,1-7H3,(H,13,16). The fraction of sp³-hybridized carbons (Fsp3) is 0.917. The molecule has 1 amide bonds. The van der Waals surface area contributed by atoms with Crippen molar-refractivity contribution in [1.82, 2.24) is 15.5 Å². The first-order valence-electron chi connectivity index (χ1n) is 5.84. The van der Waals surface area contributed by atoms with E-state index in [2.05, 4.69) is 29.4 Å². The SMILES string of the molecule is CCNC(C)(C)C(=O)NCC(C)(C)N(C)C. The highest BCUT2D eigenvalue weighted by Gasteiger charge is 2.28. The van der Waals surface area contributed by atoms with Gasteiger partial charge in [0.1, 0.15) is 0 Å². The Kier molecular flexibility index (Phi) is 5.42. The van der Waals surface area contributed by atoms with Crippen LogP contribution >= 0.6 is 0 Å². The molecular weight excluding hydrogens is 202 g/mol. The maximum Gasteiger partial charge on any atom is 0.239 e. The largest absolute Gasteiger partial charge is 0.353 e. The molecule has 0 heterocycles. The van der Waals surface area contributed by atoms with Crippen molar-refractivity contribution in [1.29, 1.82) is 0 Å². The molecule has 16 heavy (non-hydrogen) atoms. The Bertz CT molecular complexity index is 234. The minimum absolute atomic E-state index is 0.0298. The Morgan fingerprint density at radius 2 is 1.69 bits per heavy atom. The van der Waals surface area contributed by atoms with Crippen molar-refractivity contribution in [3.8, 4) is 0 Å². The number of rotatable bonds is 6. The van der Waals surface area contributed by atoms with Crippen LogP contribution < -0.4 is 10.6 Å². The summed E-state index contributed by atoms with van der Waals surface area (Å²) in [7, 11) is 4.03. The fourth-order valence-electron chi connectivity index (χ4n) is 1.20. The molecule has 0 unspecified atom stereocenters. The van der Waals surface area contributed by atoms with Crippen molar-refractivity contribution < 1.29 is 4.79 Å². The van der Waals surface area contributed by atoms with Crippen LogP contribution in [-0.4, -0.2) is 49.1 Å². The van der Waals surface area contributed by atoms with E-state index in [0.29, 0.717) is 6.54 Å². The van der Waals surface area contributed by atoms with Crippen molar-refractivity contribution in [2.75, 3.05) is 27.2 Å². The minimum atomic E-state index is -0.503. The molecule has 0 aromatic heterocycles. The molecule has 0 aliphatic carbocycles. The Morgan fingerprint density at radius 3 is 2.06 bits per heavy atom. The molecule has 4 heteroatoms. The lowest BCUT2D eigenvalue weighted by Gasteiger charge is -2.34. The summed E-state index contributed by atoms with van der Waals surface area (Å²) in [6.45, 7) is 11.4. The predicted molar refractivity (Wildman–Crippen MR) is 68.5 cm³/mol. The molecule has 96 valence electrons. The molecule has 2 N–H and O–H groups in total. The molecule has 0 radical (unpaired) electrons. The zero-order valence-corrected chi connectivity index (χ0v) is 11.8. The van der Waals surface area contributed by atoms with E-state index in [1.54, 1.807) is 0 Å². The minimum Gasteiger partial charge on any atom is -0.353 e. The van der Waals surface area contributed by atoms with Gasteiger partial charge in [0.05, 0.1) is 5.54 Å². The molecule has 0 saturated heterocycles. The Hall–Kier alpha value is -0.610. The van der Waals surface area contributed by atoms with E-state index in [1.165, 1.54) is 0 Å². The van der Waals surface area contributed by atoms with Crippen molar-refractivity contribution in [2.45, 2.75) is 45.7 Å². The van der Waals surface area contributed by atoms with Crippen LogP contribution in [0.1, 0.15) is 34.6 Å². The number of hydrogen-bond acceptors (Lipinski definition) is 3. The molecule has 0 fully saturated rings. The van der Waals surface area contributed by atoms with E-state index in [9.17, 15) is 4.79 Å². The van der Waals surface area contributed by atoms with Gasteiger partial charge in [-0.15, -0.1) is 0 Å². The Balaban J connectivity index is 4.27. The summed E-state index contributed by atoms with van der Waals surface area (Å²) in [4.78, 5) is 14.0. The molecule has 0 spiro atoms. The molecule has 4 nitrogen and oxygen atoms in total. The van der Waals surface area contributed by atoms with Crippen molar-refractivity contribution in [2.24, 2.45) is 0 Å². The summed E-state index contributed by atoms with van der Waals surface area (Å²) < 4.78 is 0. The smallest absolute Gasteiger partial charge is 0.239 e.